The van der Waals surface area contributed by atoms with Gasteiger partial charge in [0.05, 0.1) is 11.0 Å². The van der Waals surface area contributed by atoms with Crippen molar-refractivity contribution >= 4 is 34.2 Å². The molecule has 0 saturated carbocycles. The van der Waals surface area contributed by atoms with Gasteiger partial charge in [0.15, 0.2) is 0 Å². The van der Waals surface area contributed by atoms with Crippen LogP contribution in [-0.4, -0.2) is 15.5 Å². The van der Waals surface area contributed by atoms with Crippen LogP contribution in [0.1, 0.15) is 11.4 Å². The van der Waals surface area contributed by atoms with Gasteiger partial charge < -0.3 is 14.6 Å². The molecule has 0 radical (unpaired) electrons. The number of carbonyl (C=O) groups is 1. The Bertz CT molecular complexity index is 1170. The molecular weight excluding hydrogens is 386 g/mol. The van der Waals surface area contributed by atoms with Crippen molar-refractivity contribution in [3.05, 3.63) is 89.2 Å². The first kappa shape index (κ1) is 19.0. The largest absolute Gasteiger partial charge is 0.486 e. The molecule has 146 valence electrons. The van der Waals surface area contributed by atoms with Gasteiger partial charge in [-0.15, -0.1) is 0 Å². The zero-order valence-corrected chi connectivity index (χ0v) is 16.7. The molecule has 0 aliphatic rings. The second-order valence-electron chi connectivity index (χ2n) is 6.77. The fourth-order valence-corrected chi connectivity index (χ4v) is 3.37. The number of benzene rings is 3. The summed E-state index contributed by atoms with van der Waals surface area (Å²) in [6, 6.07) is 22.7. The van der Waals surface area contributed by atoms with Crippen LogP contribution in [0.2, 0.25) is 5.02 Å². The van der Waals surface area contributed by atoms with Crippen molar-refractivity contribution in [2.45, 2.75) is 20.1 Å². The number of fused-ring (bicyclic) bond motifs is 1. The normalized spacial score (nSPS) is 10.8. The third-order valence-corrected chi connectivity index (χ3v) is 4.74. The number of hydrogen-bond acceptors (Lipinski definition) is 3. The van der Waals surface area contributed by atoms with Gasteiger partial charge in [0.25, 0.3) is 0 Å². The highest BCUT2D eigenvalue weighted by atomic mass is 35.5. The fraction of sp³-hybridized carbons (Fsp3) is 0.130. The van der Waals surface area contributed by atoms with E-state index in [9.17, 15) is 4.79 Å². The van der Waals surface area contributed by atoms with Crippen molar-refractivity contribution in [3.63, 3.8) is 0 Å². The Morgan fingerprint density at radius 3 is 2.72 bits per heavy atom. The quantitative estimate of drug-likeness (QED) is 0.478. The Morgan fingerprint density at radius 1 is 1.07 bits per heavy atom. The molecule has 1 heterocycles. The number of hydrogen-bond donors (Lipinski definition) is 1. The number of nitrogens with zero attached hydrogens (tertiary/aromatic N) is 2. The lowest BCUT2D eigenvalue weighted by Gasteiger charge is -2.11. The smallest absolute Gasteiger partial charge is 0.244 e. The van der Waals surface area contributed by atoms with Crippen LogP contribution in [0.15, 0.2) is 72.8 Å². The van der Waals surface area contributed by atoms with E-state index in [-0.39, 0.29) is 19.1 Å². The zero-order valence-electron chi connectivity index (χ0n) is 15.9. The minimum Gasteiger partial charge on any atom is -0.486 e. The third kappa shape index (κ3) is 4.58. The molecule has 0 fully saturated rings. The number of anilines is 1. The van der Waals surface area contributed by atoms with Crippen molar-refractivity contribution in [3.8, 4) is 5.75 Å². The van der Waals surface area contributed by atoms with Crippen molar-refractivity contribution in [2.24, 2.45) is 0 Å². The summed E-state index contributed by atoms with van der Waals surface area (Å²) in [5, 5.41) is 3.45. The molecule has 0 spiro atoms. The molecule has 1 amide bonds. The number of para-hydroxylation sites is 2. The number of rotatable bonds is 6. The van der Waals surface area contributed by atoms with Gasteiger partial charge in [0, 0.05) is 10.7 Å². The van der Waals surface area contributed by atoms with E-state index in [1.807, 2.05) is 60.0 Å². The van der Waals surface area contributed by atoms with Crippen LogP contribution in [0.5, 0.6) is 5.75 Å². The Balaban J connectivity index is 1.57. The molecule has 4 aromatic rings. The van der Waals surface area contributed by atoms with E-state index >= 15 is 0 Å². The van der Waals surface area contributed by atoms with Crippen LogP contribution in [0.3, 0.4) is 0 Å². The first-order valence-electron chi connectivity index (χ1n) is 9.27. The molecule has 0 bridgehead atoms. The van der Waals surface area contributed by atoms with Crippen LogP contribution in [-0.2, 0) is 17.9 Å². The highest BCUT2D eigenvalue weighted by Crippen LogP contribution is 2.20. The SMILES string of the molecule is Cc1cccc(OCc2nc3ccccc3n2CC(=O)Nc2cccc(Cl)c2)c1. The summed E-state index contributed by atoms with van der Waals surface area (Å²) in [4.78, 5) is 17.3. The van der Waals surface area contributed by atoms with E-state index in [0.717, 1.165) is 22.3 Å². The number of imidazole rings is 1. The monoisotopic (exact) mass is 405 g/mol. The highest BCUT2D eigenvalue weighted by molar-refractivity contribution is 6.30. The van der Waals surface area contributed by atoms with Crippen LogP contribution in [0, 0.1) is 6.92 Å². The van der Waals surface area contributed by atoms with Crippen LogP contribution in [0.25, 0.3) is 11.0 Å². The van der Waals surface area contributed by atoms with Gasteiger partial charge in [0.2, 0.25) is 5.91 Å². The van der Waals surface area contributed by atoms with Crippen LogP contribution < -0.4 is 10.1 Å². The lowest BCUT2D eigenvalue weighted by molar-refractivity contribution is -0.116. The summed E-state index contributed by atoms with van der Waals surface area (Å²) in [7, 11) is 0. The maximum absolute atomic E-state index is 12.7. The summed E-state index contributed by atoms with van der Waals surface area (Å²) in [5.41, 5.74) is 3.49. The van der Waals surface area contributed by atoms with Gasteiger partial charge in [-0.05, 0) is 55.0 Å². The molecule has 0 saturated heterocycles. The number of nitrogens with one attached hydrogen (secondary N) is 1. The topological polar surface area (TPSA) is 56.2 Å². The van der Waals surface area contributed by atoms with E-state index in [1.54, 1.807) is 24.3 Å². The summed E-state index contributed by atoms with van der Waals surface area (Å²) in [6.45, 7) is 2.41. The van der Waals surface area contributed by atoms with Gasteiger partial charge in [-0.25, -0.2) is 4.98 Å². The van der Waals surface area contributed by atoms with Crippen molar-refractivity contribution in [1.29, 1.82) is 0 Å². The number of halogens is 1. The summed E-state index contributed by atoms with van der Waals surface area (Å²) in [6.07, 6.45) is 0. The molecule has 0 unspecified atom stereocenters. The molecule has 0 aliphatic heterocycles. The first-order chi connectivity index (χ1) is 14.1. The minimum absolute atomic E-state index is 0.125. The van der Waals surface area contributed by atoms with E-state index in [2.05, 4.69) is 10.3 Å². The molecule has 4 rings (SSSR count). The van der Waals surface area contributed by atoms with Gasteiger partial charge in [0.1, 0.15) is 24.7 Å². The van der Waals surface area contributed by atoms with E-state index in [1.165, 1.54) is 0 Å². The molecule has 29 heavy (non-hydrogen) atoms. The first-order valence-corrected chi connectivity index (χ1v) is 9.65. The Morgan fingerprint density at radius 2 is 1.90 bits per heavy atom. The number of aromatic nitrogens is 2. The Labute approximate surface area is 173 Å². The van der Waals surface area contributed by atoms with Gasteiger partial charge in [-0.3, -0.25) is 4.79 Å². The predicted molar refractivity (Wildman–Crippen MR) is 115 cm³/mol. The highest BCUT2D eigenvalue weighted by Gasteiger charge is 2.14. The summed E-state index contributed by atoms with van der Waals surface area (Å²) >= 11 is 6.00. The average molecular weight is 406 g/mol. The van der Waals surface area contributed by atoms with E-state index in [0.29, 0.717) is 16.5 Å². The number of amides is 1. The third-order valence-electron chi connectivity index (χ3n) is 4.50. The molecule has 5 nitrogen and oxygen atoms in total. The van der Waals surface area contributed by atoms with E-state index in [4.69, 9.17) is 16.3 Å². The molecule has 0 aliphatic carbocycles. The number of carbonyl (C=O) groups excluding carboxylic acids is 1. The lowest BCUT2D eigenvalue weighted by Crippen LogP contribution is -2.20. The number of ether oxygens (including phenoxy) is 1. The minimum atomic E-state index is -0.160. The molecule has 6 heteroatoms. The maximum Gasteiger partial charge on any atom is 0.244 e. The van der Waals surface area contributed by atoms with Crippen LogP contribution >= 0.6 is 11.6 Å². The maximum atomic E-state index is 12.7. The molecule has 1 aromatic heterocycles. The lowest BCUT2D eigenvalue weighted by atomic mass is 10.2. The van der Waals surface area contributed by atoms with Crippen molar-refractivity contribution < 1.29 is 9.53 Å². The van der Waals surface area contributed by atoms with Crippen molar-refractivity contribution in [2.75, 3.05) is 5.32 Å². The molecular formula is C23H20ClN3O2. The number of aryl methyl sites for hydroxylation is 1. The van der Waals surface area contributed by atoms with Gasteiger partial charge in [-0.2, -0.15) is 0 Å². The molecule has 0 atom stereocenters. The standard InChI is InChI=1S/C23H20ClN3O2/c1-16-6-4-9-19(12-16)29-15-22-26-20-10-2-3-11-21(20)27(22)14-23(28)25-18-8-5-7-17(24)13-18/h2-13H,14-15H2,1H3,(H,25,28). The Kier molecular flexibility index (Phi) is 5.49. The Hall–Kier alpha value is -3.31. The van der Waals surface area contributed by atoms with Gasteiger partial charge >= 0.3 is 0 Å². The second-order valence-corrected chi connectivity index (χ2v) is 7.20. The molecule has 3 aromatic carbocycles. The molecule has 1 N–H and O–H groups in total. The van der Waals surface area contributed by atoms with Gasteiger partial charge in [-0.1, -0.05) is 41.9 Å². The summed E-state index contributed by atoms with van der Waals surface area (Å²) in [5.74, 6) is 1.30. The van der Waals surface area contributed by atoms with E-state index < -0.39 is 0 Å². The summed E-state index contributed by atoms with van der Waals surface area (Å²) < 4.78 is 7.81. The fourth-order valence-electron chi connectivity index (χ4n) is 3.18. The zero-order chi connectivity index (χ0) is 20.2. The predicted octanol–water partition coefficient (Wildman–Crippen LogP) is 5.22. The average Bonchev–Trinajstić information content (AvgIpc) is 3.04. The van der Waals surface area contributed by atoms with Crippen molar-refractivity contribution in [1.82, 2.24) is 9.55 Å². The van der Waals surface area contributed by atoms with Crippen LogP contribution in [0.4, 0.5) is 5.69 Å². The second kappa shape index (κ2) is 8.37.